The Hall–Kier alpha value is -2.03. The van der Waals surface area contributed by atoms with Gasteiger partial charge < -0.3 is 4.90 Å². The summed E-state index contributed by atoms with van der Waals surface area (Å²) in [7, 11) is 3.03. The van der Waals surface area contributed by atoms with E-state index in [4.69, 9.17) is 0 Å². The van der Waals surface area contributed by atoms with Crippen molar-refractivity contribution in [3.63, 3.8) is 0 Å². The van der Waals surface area contributed by atoms with E-state index in [1.807, 2.05) is 6.07 Å². The number of aromatic nitrogens is 2. The minimum absolute atomic E-state index is 0.0532. The highest BCUT2D eigenvalue weighted by Gasteiger charge is 2.44. The van der Waals surface area contributed by atoms with Crippen molar-refractivity contribution < 1.29 is 0 Å². The van der Waals surface area contributed by atoms with Crippen molar-refractivity contribution in [2.45, 2.75) is 33.7 Å². The molecule has 22 heavy (non-hydrogen) atoms. The molecule has 1 fully saturated rings. The molecule has 0 bridgehead atoms. The van der Waals surface area contributed by atoms with E-state index in [0.29, 0.717) is 23.6 Å². The Kier molecular flexibility index (Phi) is 4.19. The fourth-order valence-corrected chi connectivity index (χ4v) is 3.50. The van der Waals surface area contributed by atoms with E-state index in [-0.39, 0.29) is 11.6 Å². The number of hydrogen-bond donors (Lipinski definition) is 0. The van der Waals surface area contributed by atoms with Crippen molar-refractivity contribution in [1.29, 1.82) is 5.26 Å². The van der Waals surface area contributed by atoms with Crippen LogP contribution in [-0.2, 0) is 14.1 Å². The smallest absolute Gasteiger partial charge is 0.332 e. The monoisotopic (exact) mass is 304 g/mol. The van der Waals surface area contributed by atoms with E-state index in [9.17, 15) is 14.9 Å². The first-order valence-electron chi connectivity index (χ1n) is 7.69. The molecule has 6 nitrogen and oxygen atoms in total. The second-order valence-electron chi connectivity index (χ2n) is 6.81. The standard InChI is InChI=1S/C16H24N4O2/c1-9(2)12-8-20(13(12)10(3)4)14-11(7-17)15(21)19(6)16(22)18(14)5/h9-10,12-13H,8H2,1-6H3/t12-,13+/m0/s1. The van der Waals surface area contributed by atoms with Crippen LogP contribution in [0.4, 0.5) is 5.82 Å². The fraction of sp³-hybridized carbons (Fsp3) is 0.688. The first kappa shape index (κ1) is 16.3. The van der Waals surface area contributed by atoms with Gasteiger partial charge in [0.15, 0.2) is 5.56 Å². The van der Waals surface area contributed by atoms with Crippen molar-refractivity contribution in [2.75, 3.05) is 11.4 Å². The Labute approximate surface area is 130 Å². The maximum atomic E-state index is 12.2. The summed E-state index contributed by atoms with van der Waals surface area (Å²) in [6.07, 6.45) is 0. The van der Waals surface area contributed by atoms with Gasteiger partial charge in [0.05, 0.1) is 0 Å². The number of hydrogen-bond acceptors (Lipinski definition) is 4. The SMILES string of the molecule is CC(C)[C@@H]1[C@H](C(C)C)CN1c1c(C#N)c(=O)n(C)c(=O)n1C. The molecule has 2 heterocycles. The molecule has 2 atom stereocenters. The van der Waals surface area contributed by atoms with E-state index in [1.165, 1.54) is 11.6 Å². The summed E-state index contributed by atoms with van der Waals surface area (Å²) in [4.78, 5) is 26.5. The van der Waals surface area contributed by atoms with Crippen LogP contribution in [0.5, 0.6) is 0 Å². The highest BCUT2D eigenvalue weighted by Crippen LogP contribution is 2.39. The average Bonchev–Trinajstić information content (AvgIpc) is 2.40. The second kappa shape index (κ2) is 5.64. The molecule has 1 saturated heterocycles. The maximum absolute atomic E-state index is 12.2. The fourth-order valence-electron chi connectivity index (χ4n) is 3.50. The van der Waals surface area contributed by atoms with Gasteiger partial charge in [-0.25, -0.2) is 4.79 Å². The number of nitrogens with zero attached hydrogens (tertiary/aromatic N) is 4. The summed E-state index contributed by atoms with van der Waals surface area (Å²) in [5.74, 6) is 1.88. The Morgan fingerprint density at radius 3 is 2.14 bits per heavy atom. The zero-order chi connectivity index (χ0) is 16.8. The van der Waals surface area contributed by atoms with Gasteiger partial charge in [0, 0.05) is 26.7 Å². The van der Waals surface area contributed by atoms with Crippen LogP contribution in [0.25, 0.3) is 0 Å². The van der Waals surface area contributed by atoms with Crippen molar-refractivity contribution in [1.82, 2.24) is 9.13 Å². The van der Waals surface area contributed by atoms with Crippen molar-refractivity contribution in [2.24, 2.45) is 31.8 Å². The topological polar surface area (TPSA) is 71.0 Å². The van der Waals surface area contributed by atoms with Gasteiger partial charge in [-0.1, -0.05) is 27.7 Å². The Balaban J connectivity index is 2.62. The van der Waals surface area contributed by atoms with Crippen molar-refractivity contribution in [3.05, 3.63) is 26.4 Å². The van der Waals surface area contributed by atoms with Crippen LogP contribution in [0, 0.1) is 29.1 Å². The van der Waals surface area contributed by atoms with Crippen LogP contribution in [0.2, 0.25) is 0 Å². The number of anilines is 1. The molecule has 120 valence electrons. The molecule has 0 amide bonds. The van der Waals surface area contributed by atoms with Gasteiger partial charge in [0.1, 0.15) is 11.9 Å². The van der Waals surface area contributed by atoms with E-state index >= 15 is 0 Å². The van der Waals surface area contributed by atoms with Crippen LogP contribution in [0.1, 0.15) is 33.3 Å². The first-order chi connectivity index (χ1) is 10.2. The molecule has 6 heteroatoms. The predicted molar refractivity (Wildman–Crippen MR) is 85.9 cm³/mol. The highest BCUT2D eigenvalue weighted by molar-refractivity contribution is 5.56. The van der Waals surface area contributed by atoms with Gasteiger partial charge in [0.25, 0.3) is 5.56 Å². The molecule has 2 rings (SSSR count). The van der Waals surface area contributed by atoms with Gasteiger partial charge in [-0.3, -0.25) is 13.9 Å². The molecule has 0 aromatic carbocycles. The molecule has 0 aliphatic carbocycles. The van der Waals surface area contributed by atoms with Gasteiger partial charge >= 0.3 is 5.69 Å². The molecular formula is C16H24N4O2. The zero-order valence-electron chi connectivity index (χ0n) is 14.1. The van der Waals surface area contributed by atoms with Gasteiger partial charge in [0.2, 0.25) is 0 Å². The van der Waals surface area contributed by atoms with Crippen LogP contribution in [-0.4, -0.2) is 21.7 Å². The molecule has 0 radical (unpaired) electrons. The lowest BCUT2D eigenvalue weighted by Crippen LogP contribution is -2.62. The lowest BCUT2D eigenvalue weighted by molar-refractivity contribution is 0.174. The molecular weight excluding hydrogens is 280 g/mol. The Bertz CT molecular complexity index is 736. The number of rotatable bonds is 3. The van der Waals surface area contributed by atoms with E-state index in [1.54, 1.807) is 7.05 Å². The summed E-state index contributed by atoms with van der Waals surface area (Å²) >= 11 is 0. The van der Waals surface area contributed by atoms with Gasteiger partial charge in [-0.05, 0) is 17.8 Å². The van der Waals surface area contributed by atoms with Crippen LogP contribution < -0.4 is 16.1 Å². The minimum atomic E-state index is -0.517. The summed E-state index contributed by atoms with van der Waals surface area (Å²) in [6, 6.07) is 2.23. The summed E-state index contributed by atoms with van der Waals surface area (Å²) < 4.78 is 2.41. The van der Waals surface area contributed by atoms with Crippen LogP contribution >= 0.6 is 0 Å². The third kappa shape index (κ3) is 2.25. The van der Waals surface area contributed by atoms with Crippen LogP contribution in [0.3, 0.4) is 0 Å². The molecule has 1 aromatic rings. The van der Waals surface area contributed by atoms with Crippen molar-refractivity contribution >= 4 is 5.82 Å². The molecule has 0 N–H and O–H groups in total. The first-order valence-corrected chi connectivity index (χ1v) is 7.69. The van der Waals surface area contributed by atoms with E-state index < -0.39 is 11.2 Å². The number of nitriles is 1. The molecule has 0 spiro atoms. The average molecular weight is 304 g/mol. The summed E-state index contributed by atoms with van der Waals surface area (Å²) in [5, 5.41) is 9.40. The molecule has 1 aliphatic heterocycles. The lowest BCUT2D eigenvalue weighted by Gasteiger charge is -2.54. The van der Waals surface area contributed by atoms with Gasteiger partial charge in [-0.15, -0.1) is 0 Å². The highest BCUT2D eigenvalue weighted by atomic mass is 16.2. The quantitative estimate of drug-likeness (QED) is 0.837. The third-order valence-electron chi connectivity index (χ3n) is 4.76. The van der Waals surface area contributed by atoms with Crippen molar-refractivity contribution in [3.8, 4) is 6.07 Å². The van der Waals surface area contributed by atoms with Crippen LogP contribution in [0.15, 0.2) is 9.59 Å². The summed E-state index contributed by atoms with van der Waals surface area (Å²) in [5.41, 5.74) is -0.858. The zero-order valence-corrected chi connectivity index (χ0v) is 14.1. The molecule has 0 unspecified atom stereocenters. The molecule has 1 aromatic heterocycles. The normalized spacial score (nSPS) is 21.1. The predicted octanol–water partition coefficient (Wildman–Crippen LogP) is 1.07. The minimum Gasteiger partial charge on any atom is -0.353 e. The third-order valence-corrected chi connectivity index (χ3v) is 4.76. The van der Waals surface area contributed by atoms with E-state index in [0.717, 1.165) is 11.1 Å². The van der Waals surface area contributed by atoms with E-state index in [2.05, 4.69) is 32.6 Å². The molecule has 0 saturated carbocycles. The lowest BCUT2D eigenvalue weighted by atomic mass is 9.74. The largest absolute Gasteiger partial charge is 0.353 e. The molecule has 1 aliphatic rings. The Morgan fingerprint density at radius 1 is 1.09 bits per heavy atom. The van der Waals surface area contributed by atoms with Gasteiger partial charge in [-0.2, -0.15) is 5.26 Å². The Morgan fingerprint density at radius 2 is 1.68 bits per heavy atom. The second-order valence-corrected chi connectivity index (χ2v) is 6.81. The maximum Gasteiger partial charge on any atom is 0.332 e. The summed E-state index contributed by atoms with van der Waals surface area (Å²) in [6.45, 7) is 9.42.